The van der Waals surface area contributed by atoms with Gasteiger partial charge in [0.05, 0.1) is 22.8 Å². The Hall–Kier alpha value is -8.14. The minimum atomic E-state index is 0.181. The van der Waals surface area contributed by atoms with E-state index in [2.05, 4.69) is 245 Å². The van der Waals surface area contributed by atoms with Crippen molar-refractivity contribution < 1.29 is 0 Å². The topological polar surface area (TPSA) is 24.0 Å². The molecule has 0 amide bonds. The molecule has 296 valence electrons. The average Bonchev–Trinajstić information content (AvgIpc) is 4.01. The fourth-order valence-corrected chi connectivity index (χ4v) is 10.6. The molecule has 2 aromatic heterocycles. The van der Waals surface area contributed by atoms with Crippen LogP contribution in [0.2, 0.25) is 0 Å². The highest BCUT2D eigenvalue weighted by Crippen LogP contribution is 2.51. The minimum Gasteiger partial charge on any atom is -0.355 e. The number of benzene rings is 9. The number of fused-ring (bicyclic) bond motifs is 9. The fourth-order valence-electron chi connectivity index (χ4n) is 10.6. The van der Waals surface area contributed by atoms with Crippen molar-refractivity contribution in [1.82, 2.24) is 9.55 Å². The van der Waals surface area contributed by atoms with Gasteiger partial charge in [0.15, 0.2) is 0 Å². The standard InChI is InChI=1S/C60H41N3/c1-3-15-39(16-4-1)45-19-7-11-23-55(45)62-57-25-13-9-21-47(57)51-37-43(29-33-59(51)62)41-27-31-53-49(35-41)50-36-42(28-32-54(50)61-53)44-30-34-60-52(38-44)48-22-10-14-26-58(48)63(60)56-24-12-8-20-46(56)40-17-5-2-6-18-40/h1-38,51,59,61H. The van der Waals surface area contributed by atoms with Crippen LogP contribution in [0.3, 0.4) is 0 Å². The molecule has 9 aromatic carbocycles. The van der Waals surface area contributed by atoms with Crippen molar-refractivity contribution in [3.05, 3.63) is 242 Å². The van der Waals surface area contributed by atoms with Gasteiger partial charge in [-0.2, -0.15) is 0 Å². The molecule has 0 bridgehead atoms. The van der Waals surface area contributed by atoms with Gasteiger partial charge in [-0.1, -0.05) is 170 Å². The van der Waals surface area contributed by atoms with Crippen LogP contribution in [-0.4, -0.2) is 15.6 Å². The van der Waals surface area contributed by atoms with Crippen molar-refractivity contribution in [2.75, 3.05) is 4.90 Å². The summed E-state index contributed by atoms with van der Waals surface area (Å²) in [6, 6.07) is 77.8. The Labute approximate surface area is 366 Å². The van der Waals surface area contributed by atoms with Gasteiger partial charge in [-0.3, -0.25) is 0 Å². The van der Waals surface area contributed by atoms with E-state index < -0.39 is 0 Å². The molecule has 2 atom stereocenters. The summed E-state index contributed by atoms with van der Waals surface area (Å²) in [6.45, 7) is 0. The lowest BCUT2D eigenvalue weighted by atomic mass is 9.86. The number of aromatic amines is 1. The zero-order chi connectivity index (χ0) is 41.4. The second kappa shape index (κ2) is 14.2. The van der Waals surface area contributed by atoms with Crippen molar-refractivity contribution in [1.29, 1.82) is 0 Å². The first kappa shape index (κ1) is 35.6. The van der Waals surface area contributed by atoms with Crippen molar-refractivity contribution >= 4 is 60.6 Å². The lowest BCUT2D eigenvalue weighted by molar-refractivity contribution is 0.747. The van der Waals surface area contributed by atoms with E-state index in [1.54, 1.807) is 0 Å². The molecular weight excluding hydrogens is 763 g/mol. The van der Waals surface area contributed by atoms with E-state index in [0.29, 0.717) is 0 Å². The molecule has 0 radical (unpaired) electrons. The van der Waals surface area contributed by atoms with E-state index in [9.17, 15) is 0 Å². The van der Waals surface area contributed by atoms with Gasteiger partial charge in [-0.05, 0) is 99.6 Å². The lowest BCUT2D eigenvalue weighted by Gasteiger charge is -2.31. The van der Waals surface area contributed by atoms with Crippen LogP contribution in [0, 0.1) is 0 Å². The minimum absolute atomic E-state index is 0.181. The second-order valence-electron chi connectivity index (χ2n) is 16.9. The number of H-pyrrole nitrogens is 1. The lowest BCUT2D eigenvalue weighted by Crippen LogP contribution is -2.29. The molecule has 3 heteroatoms. The van der Waals surface area contributed by atoms with E-state index in [4.69, 9.17) is 0 Å². The molecule has 2 unspecified atom stereocenters. The van der Waals surface area contributed by atoms with E-state index in [0.717, 1.165) is 11.0 Å². The predicted molar refractivity (Wildman–Crippen MR) is 265 cm³/mol. The Morgan fingerprint density at radius 3 is 1.67 bits per heavy atom. The number of nitrogens with one attached hydrogen (secondary N) is 1. The van der Waals surface area contributed by atoms with E-state index in [1.165, 1.54) is 99.7 Å². The smallest absolute Gasteiger partial charge is 0.0630 e. The normalized spacial score (nSPS) is 15.6. The van der Waals surface area contributed by atoms with Gasteiger partial charge in [-0.25, -0.2) is 0 Å². The molecule has 63 heavy (non-hydrogen) atoms. The van der Waals surface area contributed by atoms with E-state index in [-0.39, 0.29) is 12.0 Å². The van der Waals surface area contributed by atoms with Gasteiger partial charge in [0.2, 0.25) is 0 Å². The number of rotatable bonds is 6. The summed E-state index contributed by atoms with van der Waals surface area (Å²) >= 11 is 0. The first-order chi connectivity index (χ1) is 31.2. The summed E-state index contributed by atoms with van der Waals surface area (Å²) in [5.74, 6) is 0.225. The maximum absolute atomic E-state index is 3.73. The van der Waals surface area contributed by atoms with Crippen LogP contribution in [0.25, 0.3) is 88.3 Å². The molecule has 1 aliphatic heterocycles. The summed E-state index contributed by atoms with van der Waals surface area (Å²) in [5.41, 5.74) is 19.6. The molecular formula is C60H41N3. The largest absolute Gasteiger partial charge is 0.355 e. The molecule has 0 saturated heterocycles. The zero-order valence-electron chi connectivity index (χ0n) is 34.5. The highest BCUT2D eigenvalue weighted by molar-refractivity contribution is 6.12. The van der Waals surface area contributed by atoms with Crippen LogP contribution in [0.15, 0.2) is 231 Å². The number of allylic oxidation sites excluding steroid dienone is 2. The molecule has 0 fully saturated rings. The Kier molecular flexibility index (Phi) is 8.04. The van der Waals surface area contributed by atoms with Crippen LogP contribution in [0.4, 0.5) is 11.4 Å². The molecule has 13 rings (SSSR count). The summed E-state index contributed by atoms with van der Waals surface area (Å²) in [4.78, 5) is 6.28. The van der Waals surface area contributed by atoms with E-state index >= 15 is 0 Å². The van der Waals surface area contributed by atoms with Gasteiger partial charge in [-0.15, -0.1) is 0 Å². The second-order valence-corrected chi connectivity index (χ2v) is 16.9. The number of aromatic nitrogens is 2. The number of nitrogens with zero attached hydrogens (tertiary/aromatic N) is 2. The maximum Gasteiger partial charge on any atom is 0.0630 e. The molecule has 3 heterocycles. The van der Waals surface area contributed by atoms with Crippen LogP contribution >= 0.6 is 0 Å². The van der Waals surface area contributed by atoms with Crippen LogP contribution in [-0.2, 0) is 0 Å². The number of hydrogen-bond acceptors (Lipinski definition) is 1. The highest BCUT2D eigenvalue weighted by atomic mass is 15.2. The third-order valence-corrected chi connectivity index (χ3v) is 13.5. The van der Waals surface area contributed by atoms with Gasteiger partial charge in [0.25, 0.3) is 0 Å². The van der Waals surface area contributed by atoms with Crippen molar-refractivity contribution in [3.8, 4) is 39.1 Å². The summed E-state index contributed by atoms with van der Waals surface area (Å²) in [7, 11) is 0. The molecule has 1 N–H and O–H groups in total. The predicted octanol–water partition coefficient (Wildman–Crippen LogP) is 15.7. The van der Waals surface area contributed by atoms with Crippen molar-refractivity contribution in [2.24, 2.45) is 0 Å². The highest BCUT2D eigenvalue weighted by Gasteiger charge is 2.39. The monoisotopic (exact) mass is 803 g/mol. The molecule has 2 aliphatic rings. The quantitative estimate of drug-likeness (QED) is 0.178. The van der Waals surface area contributed by atoms with Gasteiger partial charge in [0.1, 0.15) is 0 Å². The SMILES string of the molecule is C1=CC2C(C=C1c1ccc3[nH]c4ccc(-c5ccc6c(c5)c5ccccc5n6-c5ccccc5-c5ccccc5)cc4c3c1)c1ccccc1N2c1ccccc1-c1ccccc1. The van der Waals surface area contributed by atoms with Crippen LogP contribution in [0.1, 0.15) is 17.0 Å². The number of anilines is 2. The van der Waals surface area contributed by atoms with Crippen LogP contribution in [0.5, 0.6) is 0 Å². The Morgan fingerprint density at radius 1 is 0.381 bits per heavy atom. The fraction of sp³-hybridized carbons (Fsp3) is 0.0333. The van der Waals surface area contributed by atoms with Crippen LogP contribution < -0.4 is 4.90 Å². The van der Waals surface area contributed by atoms with Crippen molar-refractivity contribution in [2.45, 2.75) is 12.0 Å². The third-order valence-electron chi connectivity index (χ3n) is 13.5. The molecule has 0 spiro atoms. The van der Waals surface area contributed by atoms with Gasteiger partial charge in [0, 0.05) is 61.0 Å². The molecule has 0 saturated carbocycles. The van der Waals surface area contributed by atoms with E-state index in [1.807, 2.05) is 0 Å². The Bertz CT molecular complexity index is 3640. The summed E-state index contributed by atoms with van der Waals surface area (Å²) < 4.78 is 2.43. The average molecular weight is 804 g/mol. The Morgan fingerprint density at radius 2 is 0.921 bits per heavy atom. The molecule has 11 aromatic rings. The van der Waals surface area contributed by atoms with Gasteiger partial charge >= 0.3 is 0 Å². The summed E-state index contributed by atoms with van der Waals surface area (Å²) in [6.07, 6.45) is 7.27. The first-order valence-corrected chi connectivity index (χ1v) is 21.9. The molecule has 1 aliphatic carbocycles. The summed E-state index contributed by atoms with van der Waals surface area (Å²) in [5, 5.41) is 4.97. The first-order valence-electron chi connectivity index (χ1n) is 21.9. The maximum atomic E-state index is 3.73. The zero-order valence-corrected chi connectivity index (χ0v) is 34.5. The molecule has 3 nitrogen and oxygen atoms in total. The Balaban J connectivity index is 0.882. The third kappa shape index (κ3) is 5.67. The van der Waals surface area contributed by atoms with Crippen molar-refractivity contribution in [3.63, 3.8) is 0 Å². The van der Waals surface area contributed by atoms with Gasteiger partial charge < -0.3 is 14.5 Å². The number of hydrogen-bond donors (Lipinski definition) is 1. The number of para-hydroxylation sites is 4.